The average Bonchev–Trinajstić information content (AvgIpc) is 2.80. The smallest absolute Gasteiger partial charge is 0.157 e. The van der Waals surface area contributed by atoms with Crippen molar-refractivity contribution >= 4 is 11.5 Å². The molecular weight excluding hydrogens is 212 g/mol. The van der Waals surface area contributed by atoms with E-state index in [0.29, 0.717) is 5.82 Å². The third-order valence-corrected chi connectivity index (χ3v) is 2.78. The average molecular weight is 224 g/mol. The van der Waals surface area contributed by atoms with Crippen LogP contribution in [0, 0.1) is 6.92 Å². The molecule has 2 heterocycles. The number of aryl methyl sites for hydroxylation is 1. The maximum absolute atomic E-state index is 5.97. The molecule has 0 saturated heterocycles. The van der Waals surface area contributed by atoms with Crippen molar-refractivity contribution in [2.75, 3.05) is 5.73 Å². The van der Waals surface area contributed by atoms with Crippen LogP contribution in [0.4, 0.5) is 5.82 Å². The molecule has 0 spiro atoms. The molecule has 3 aromatic rings. The molecule has 2 N–H and O–H groups in total. The Morgan fingerprint density at radius 1 is 1.18 bits per heavy atom. The lowest BCUT2D eigenvalue weighted by Gasteiger charge is -2.00. The molecule has 17 heavy (non-hydrogen) atoms. The summed E-state index contributed by atoms with van der Waals surface area (Å²) in [6.45, 7) is 1.92. The van der Waals surface area contributed by atoms with Crippen LogP contribution in [0.2, 0.25) is 0 Å². The topological polar surface area (TPSA) is 56.2 Å². The minimum Gasteiger partial charge on any atom is -0.383 e. The van der Waals surface area contributed by atoms with Crippen molar-refractivity contribution in [2.45, 2.75) is 6.92 Å². The summed E-state index contributed by atoms with van der Waals surface area (Å²) in [6, 6.07) is 11.9. The van der Waals surface area contributed by atoms with Crippen molar-refractivity contribution in [1.29, 1.82) is 0 Å². The summed E-state index contributed by atoms with van der Waals surface area (Å²) >= 11 is 0. The summed E-state index contributed by atoms with van der Waals surface area (Å²) in [6.07, 6.45) is 1.76. The number of hydrogen-bond donors (Lipinski definition) is 1. The van der Waals surface area contributed by atoms with Gasteiger partial charge in [0.1, 0.15) is 5.82 Å². The highest BCUT2D eigenvalue weighted by Gasteiger charge is 2.07. The van der Waals surface area contributed by atoms with Crippen LogP contribution in [0.15, 0.2) is 42.6 Å². The largest absolute Gasteiger partial charge is 0.383 e. The molecule has 84 valence electrons. The minimum atomic E-state index is 0.636. The Labute approximate surface area is 98.7 Å². The highest BCUT2D eigenvalue weighted by Crippen LogP contribution is 2.20. The van der Waals surface area contributed by atoms with Crippen LogP contribution in [-0.2, 0) is 0 Å². The number of fused-ring (bicyclic) bond motifs is 1. The Balaban J connectivity index is 2.24. The van der Waals surface area contributed by atoms with E-state index in [4.69, 9.17) is 5.73 Å². The Morgan fingerprint density at radius 2 is 1.94 bits per heavy atom. The number of anilines is 1. The molecule has 4 nitrogen and oxygen atoms in total. The fourth-order valence-electron chi connectivity index (χ4n) is 1.79. The fourth-order valence-corrected chi connectivity index (χ4v) is 1.79. The number of hydrogen-bond acceptors (Lipinski definition) is 3. The van der Waals surface area contributed by atoms with E-state index in [2.05, 4.69) is 10.1 Å². The predicted molar refractivity (Wildman–Crippen MR) is 67.6 cm³/mol. The minimum absolute atomic E-state index is 0.636. The van der Waals surface area contributed by atoms with Crippen molar-refractivity contribution in [2.24, 2.45) is 0 Å². The number of benzene rings is 1. The molecule has 0 radical (unpaired) electrons. The van der Waals surface area contributed by atoms with Gasteiger partial charge in [0.05, 0.1) is 5.69 Å². The van der Waals surface area contributed by atoms with E-state index in [0.717, 1.165) is 22.5 Å². The van der Waals surface area contributed by atoms with Gasteiger partial charge in [-0.2, -0.15) is 9.61 Å². The van der Waals surface area contributed by atoms with E-state index in [1.54, 1.807) is 10.7 Å². The van der Waals surface area contributed by atoms with Gasteiger partial charge in [-0.25, -0.2) is 4.98 Å². The van der Waals surface area contributed by atoms with Crippen LogP contribution in [0.5, 0.6) is 0 Å². The van der Waals surface area contributed by atoms with Crippen molar-refractivity contribution in [3.05, 3.63) is 48.2 Å². The molecule has 1 aromatic carbocycles. The van der Waals surface area contributed by atoms with E-state index in [1.807, 2.05) is 43.3 Å². The highest BCUT2D eigenvalue weighted by molar-refractivity contribution is 5.65. The van der Waals surface area contributed by atoms with Crippen molar-refractivity contribution in [1.82, 2.24) is 14.6 Å². The van der Waals surface area contributed by atoms with Crippen LogP contribution < -0.4 is 5.73 Å². The summed E-state index contributed by atoms with van der Waals surface area (Å²) in [7, 11) is 0. The zero-order chi connectivity index (χ0) is 11.8. The molecule has 0 aliphatic carbocycles. The number of nitrogen functional groups attached to an aromatic ring is 1. The molecule has 2 aromatic heterocycles. The first kappa shape index (κ1) is 9.84. The van der Waals surface area contributed by atoms with E-state index >= 15 is 0 Å². The van der Waals surface area contributed by atoms with E-state index in [-0.39, 0.29) is 0 Å². The Kier molecular flexibility index (Phi) is 2.08. The Hall–Kier alpha value is -2.36. The number of aromatic nitrogens is 3. The second kappa shape index (κ2) is 3.59. The molecule has 0 unspecified atom stereocenters. The first-order valence-corrected chi connectivity index (χ1v) is 5.42. The summed E-state index contributed by atoms with van der Waals surface area (Å²) in [5, 5.41) is 4.47. The molecule has 0 fully saturated rings. The normalized spacial score (nSPS) is 10.9. The summed E-state index contributed by atoms with van der Waals surface area (Å²) < 4.78 is 1.68. The maximum atomic E-state index is 5.97. The second-order valence-corrected chi connectivity index (χ2v) is 3.99. The Morgan fingerprint density at radius 3 is 2.71 bits per heavy atom. The van der Waals surface area contributed by atoms with E-state index in [1.165, 1.54) is 0 Å². The number of nitrogens with zero attached hydrogens (tertiary/aromatic N) is 3. The van der Waals surface area contributed by atoms with E-state index < -0.39 is 0 Å². The molecule has 0 aliphatic heterocycles. The number of rotatable bonds is 1. The fraction of sp³-hybridized carbons (Fsp3) is 0.0769. The quantitative estimate of drug-likeness (QED) is 0.690. The second-order valence-electron chi connectivity index (χ2n) is 3.99. The van der Waals surface area contributed by atoms with Crippen molar-refractivity contribution < 1.29 is 0 Å². The van der Waals surface area contributed by atoms with Gasteiger partial charge in [-0.1, -0.05) is 30.3 Å². The van der Waals surface area contributed by atoms with Crippen LogP contribution in [0.3, 0.4) is 0 Å². The van der Waals surface area contributed by atoms with Crippen molar-refractivity contribution in [3.8, 4) is 11.3 Å². The predicted octanol–water partition coefficient (Wildman–Crippen LogP) is 2.29. The standard InChI is InChI=1S/C13H12N4/c1-9-8-15-12-7-11(16-17(12)13(9)14)10-5-3-2-4-6-10/h2-8H,14H2,1H3. The van der Waals surface area contributed by atoms with Gasteiger partial charge in [0.15, 0.2) is 5.65 Å². The zero-order valence-corrected chi connectivity index (χ0v) is 9.46. The SMILES string of the molecule is Cc1cnc2cc(-c3ccccc3)nn2c1N. The highest BCUT2D eigenvalue weighted by atomic mass is 15.3. The van der Waals surface area contributed by atoms with Gasteiger partial charge in [0, 0.05) is 23.4 Å². The molecular formula is C13H12N4. The lowest BCUT2D eigenvalue weighted by Crippen LogP contribution is -2.02. The van der Waals surface area contributed by atoms with Gasteiger partial charge in [-0.05, 0) is 6.92 Å². The van der Waals surface area contributed by atoms with Gasteiger partial charge in [0.25, 0.3) is 0 Å². The third kappa shape index (κ3) is 1.54. The first-order valence-electron chi connectivity index (χ1n) is 5.42. The van der Waals surface area contributed by atoms with Crippen LogP contribution >= 0.6 is 0 Å². The van der Waals surface area contributed by atoms with Crippen LogP contribution in [0.25, 0.3) is 16.9 Å². The van der Waals surface area contributed by atoms with Crippen LogP contribution in [-0.4, -0.2) is 14.6 Å². The molecule has 0 atom stereocenters. The first-order chi connectivity index (χ1) is 8.25. The molecule has 0 amide bonds. The monoisotopic (exact) mass is 224 g/mol. The zero-order valence-electron chi connectivity index (χ0n) is 9.46. The van der Waals surface area contributed by atoms with E-state index in [9.17, 15) is 0 Å². The molecule has 3 rings (SSSR count). The molecule has 0 saturated carbocycles. The maximum Gasteiger partial charge on any atom is 0.157 e. The lowest BCUT2D eigenvalue weighted by molar-refractivity contribution is 0.945. The van der Waals surface area contributed by atoms with Crippen molar-refractivity contribution in [3.63, 3.8) is 0 Å². The number of nitrogens with two attached hydrogens (primary N) is 1. The third-order valence-electron chi connectivity index (χ3n) is 2.78. The van der Waals surface area contributed by atoms with Crippen LogP contribution in [0.1, 0.15) is 5.56 Å². The Bertz CT molecular complexity index is 670. The molecule has 0 aliphatic rings. The lowest BCUT2D eigenvalue weighted by atomic mass is 10.2. The van der Waals surface area contributed by atoms with Gasteiger partial charge in [-0.15, -0.1) is 0 Å². The summed E-state index contributed by atoms with van der Waals surface area (Å²) in [4.78, 5) is 4.31. The van der Waals surface area contributed by atoms with Gasteiger partial charge in [0.2, 0.25) is 0 Å². The van der Waals surface area contributed by atoms with Gasteiger partial charge in [-0.3, -0.25) is 0 Å². The summed E-state index contributed by atoms with van der Waals surface area (Å²) in [5.41, 5.74) is 9.62. The summed E-state index contributed by atoms with van der Waals surface area (Å²) in [5.74, 6) is 0.636. The molecule has 4 heteroatoms. The van der Waals surface area contributed by atoms with Gasteiger partial charge >= 0.3 is 0 Å². The van der Waals surface area contributed by atoms with Gasteiger partial charge < -0.3 is 5.73 Å². The molecule has 0 bridgehead atoms.